The quantitative estimate of drug-likeness (QED) is 0.253. The Labute approximate surface area is 231 Å². The van der Waals surface area contributed by atoms with E-state index in [-0.39, 0.29) is 30.8 Å². The number of anilines is 1. The SMILES string of the molecule is COc1ccc(C(=O)N(CC(=O)Nc2nc(-c3ccccc3)cn2-c2ccc(F)cc2)Cc2ccccc2)cc1. The predicted molar refractivity (Wildman–Crippen MR) is 152 cm³/mol. The molecule has 5 rings (SSSR count). The van der Waals surface area contributed by atoms with E-state index < -0.39 is 5.91 Å². The lowest BCUT2D eigenvalue weighted by Gasteiger charge is -2.22. The number of carbonyl (C=O) groups is 2. The summed E-state index contributed by atoms with van der Waals surface area (Å²) in [6, 6.07) is 31.7. The Bertz CT molecular complexity index is 1590. The molecule has 0 atom stereocenters. The van der Waals surface area contributed by atoms with Gasteiger partial charge in [-0.3, -0.25) is 19.5 Å². The standard InChI is InChI=1S/C32H27FN4O3/c1-40-28-18-12-25(13-19-28)31(39)36(20-23-8-4-2-5-9-23)22-30(38)35-32-34-29(24-10-6-3-7-11-24)21-37(32)27-16-14-26(33)15-17-27/h2-19,21H,20,22H2,1H3,(H,34,35,38). The molecule has 0 bridgehead atoms. The van der Waals surface area contributed by atoms with Gasteiger partial charge in [-0.25, -0.2) is 9.37 Å². The van der Waals surface area contributed by atoms with Crippen LogP contribution in [0.2, 0.25) is 0 Å². The number of ether oxygens (including phenoxy) is 1. The Morgan fingerprint density at radius 1 is 0.875 bits per heavy atom. The van der Waals surface area contributed by atoms with Crippen molar-refractivity contribution in [2.75, 3.05) is 19.0 Å². The number of benzene rings is 4. The van der Waals surface area contributed by atoms with Gasteiger partial charge in [-0.1, -0.05) is 60.7 Å². The van der Waals surface area contributed by atoms with Gasteiger partial charge in [0.1, 0.15) is 18.1 Å². The number of rotatable bonds is 9. The van der Waals surface area contributed by atoms with Gasteiger partial charge in [-0.2, -0.15) is 0 Å². The number of imidazole rings is 1. The summed E-state index contributed by atoms with van der Waals surface area (Å²) in [5.74, 6) is -0.205. The first kappa shape index (κ1) is 26.4. The minimum atomic E-state index is -0.425. The average Bonchev–Trinajstić information content (AvgIpc) is 3.41. The van der Waals surface area contributed by atoms with Gasteiger partial charge in [0.2, 0.25) is 11.9 Å². The fourth-order valence-electron chi connectivity index (χ4n) is 4.27. The molecule has 0 radical (unpaired) electrons. The Hall–Kier alpha value is -5.24. The smallest absolute Gasteiger partial charge is 0.254 e. The minimum absolute atomic E-state index is 0.212. The summed E-state index contributed by atoms with van der Waals surface area (Å²) in [7, 11) is 1.56. The third-order valence-corrected chi connectivity index (χ3v) is 6.31. The molecule has 4 aromatic carbocycles. The van der Waals surface area contributed by atoms with E-state index in [0.29, 0.717) is 22.7 Å². The summed E-state index contributed by atoms with van der Waals surface area (Å²) in [4.78, 5) is 33.0. The Kier molecular flexibility index (Phi) is 7.97. The fraction of sp³-hybridized carbons (Fsp3) is 0.0938. The van der Waals surface area contributed by atoms with E-state index in [0.717, 1.165) is 11.1 Å². The van der Waals surface area contributed by atoms with Crippen LogP contribution in [0.3, 0.4) is 0 Å². The van der Waals surface area contributed by atoms with Crippen LogP contribution in [0.25, 0.3) is 16.9 Å². The van der Waals surface area contributed by atoms with Crippen molar-refractivity contribution in [3.8, 4) is 22.7 Å². The van der Waals surface area contributed by atoms with Crippen molar-refractivity contribution in [3.05, 3.63) is 132 Å². The monoisotopic (exact) mass is 534 g/mol. The highest BCUT2D eigenvalue weighted by Gasteiger charge is 2.21. The molecule has 40 heavy (non-hydrogen) atoms. The number of aromatic nitrogens is 2. The zero-order chi connectivity index (χ0) is 27.9. The summed E-state index contributed by atoms with van der Waals surface area (Å²) in [5.41, 5.74) is 3.44. The molecule has 8 heteroatoms. The third-order valence-electron chi connectivity index (χ3n) is 6.31. The lowest BCUT2D eigenvalue weighted by molar-refractivity contribution is -0.117. The van der Waals surface area contributed by atoms with Gasteiger partial charge in [-0.15, -0.1) is 0 Å². The maximum absolute atomic E-state index is 13.6. The number of nitrogens with one attached hydrogen (secondary N) is 1. The highest BCUT2D eigenvalue weighted by Crippen LogP contribution is 2.25. The van der Waals surface area contributed by atoms with E-state index in [2.05, 4.69) is 10.3 Å². The fourth-order valence-corrected chi connectivity index (χ4v) is 4.27. The number of hydrogen-bond donors (Lipinski definition) is 1. The lowest BCUT2D eigenvalue weighted by Crippen LogP contribution is -2.38. The van der Waals surface area contributed by atoms with Gasteiger partial charge in [0.05, 0.1) is 12.8 Å². The van der Waals surface area contributed by atoms with Crippen LogP contribution in [0.4, 0.5) is 10.3 Å². The Morgan fingerprint density at radius 2 is 1.52 bits per heavy atom. The van der Waals surface area contributed by atoms with Crippen molar-refractivity contribution in [2.24, 2.45) is 0 Å². The molecule has 0 saturated heterocycles. The van der Waals surface area contributed by atoms with E-state index in [9.17, 15) is 14.0 Å². The molecule has 1 heterocycles. The van der Waals surface area contributed by atoms with E-state index in [1.165, 1.54) is 17.0 Å². The molecule has 2 amide bonds. The summed E-state index contributed by atoms with van der Waals surface area (Å²) < 4.78 is 20.5. The Morgan fingerprint density at radius 3 is 2.17 bits per heavy atom. The first-order valence-corrected chi connectivity index (χ1v) is 12.7. The molecule has 0 aliphatic heterocycles. The van der Waals surface area contributed by atoms with Gasteiger partial charge in [-0.05, 0) is 54.1 Å². The zero-order valence-corrected chi connectivity index (χ0v) is 21.8. The largest absolute Gasteiger partial charge is 0.497 e. The number of methoxy groups -OCH3 is 1. The molecule has 1 aromatic heterocycles. The lowest BCUT2D eigenvalue weighted by atomic mass is 10.1. The molecule has 0 spiro atoms. The number of amides is 2. The number of halogens is 1. The molecule has 0 aliphatic carbocycles. The molecule has 0 unspecified atom stereocenters. The third kappa shape index (κ3) is 6.24. The first-order valence-electron chi connectivity index (χ1n) is 12.7. The van der Waals surface area contributed by atoms with Crippen molar-refractivity contribution >= 4 is 17.8 Å². The molecule has 200 valence electrons. The maximum Gasteiger partial charge on any atom is 0.254 e. The van der Waals surface area contributed by atoms with Crippen LogP contribution in [-0.2, 0) is 11.3 Å². The van der Waals surface area contributed by atoms with Crippen LogP contribution in [0.5, 0.6) is 5.75 Å². The highest BCUT2D eigenvalue weighted by atomic mass is 19.1. The molecule has 0 aliphatic rings. The van der Waals surface area contributed by atoms with Crippen LogP contribution in [0.1, 0.15) is 15.9 Å². The molecule has 1 N–H and O–H groups in total. The van der Waals surface area contributed by atoms with Crippen LogP contribution in [-0.4, -0.2) is 39.9 Å². The zero-order valence-electron chi connectivity index (χ0n) is 21.8. The van der Waals surface area contributed by atoms with Gasteiger partial charge in [0.15, 0.2) is 0 Å². The van der Waals surface area contributed by atoms with Crippen LogP contribution < -0.4 is 10.1 Å². The van der Waals surface area contributed by atoms with Crippen LogP contribution in [0.15, 0.2) is 115 Å². The predicted octanol–water partition coefficient (Wildman–Crippen LogP) is 5.97. The number of nitrogens with zero attached hydrogens (tertiary/aromatic N) is 3. The highest BCUT2D eigenvalue weighted by molar-refractivity contribution is 5.99. The van der Waals surface area contributed by atoms with Crippen molar-refractivity contribution in [1.82, 2.24) is 14.5 Å². The minimum Gasteiger partial charge on any atom is -0.497 e. The van der Waals surface area contributed by atoms with Gasteiger partial charge in [0.25, 0.3) is 5.91 Å². The normalized spacial score (nSPS) is 10.7. The van der Waals surface area contributed by atoms with Gasteiger partial charge >= 0.3 is 0 Å². The first-order chi connectivity index (χ1) is 19.5. The van der Waals surface area contributed by atoms with Gasteiger partial charge in [0, 0.05) is 29.6 Å². The molecule has 7 nitrogen and oxygen atoms in total. The molecular formula is C32H27FN4O3. The second-order valence-corrected chi connectivity index (χ2v) is 9.09. The van der Waals surface area contributed by atoms with E-state index in [4.69, 9.17) is 4.74 Å². The molecule has 5 aromatic rings. The van der Waals surface area contributed by atoms with Crippen molar-refractivity contribution in [3.63, 3.8) is 0 Å². The molecule has 0 fully saturated rings. The number of hydrogen-bond acceptors (Lipinski definition) is 4. The second kappa shape index (κ2) is 12.1. The van der Waals surface area contributed by atoms with Gasteiger partial charge < -0.3 is 9.64 Å². The maximum atomic E-state index is 13.6. The summed E-state index contributed by atoms with van der Waals surface area (Å²) in [6.45, 7) is 0.0253. The van der Waals surface area contributed by atoms with E-state index >= 15 is 0 Å². The summed E-state index contributed by atoms with van der Waals surface area (Å²) in [5, 5.41) is 2.86. The summed E-state index contributed by atoms with van der Waals surface area (Å²) >= 11 is 0. The van der Waals surface area contributed by atoms with E-state index in [1.54, 1.807) is 54.3 Å². The second-order valence-electron chi connectivity index (χ2n) is 9.09. The van der Waals surface area contributed by atoms with E-state index in [1.807, 2.05) is 60.7 Å². The molecule has 0 saturated carbocycles. The van der Waals surface area contributed by atoms with Crippen molar-refractivity contribution in [1.29, 1.82) is 0 Å². The van der Waals surface area contributed by atoms with Crippen molar-refractivity contribution < 1.29 is 18.7 Å². The molecular weight excluding hydrogens is 507 g/mol. The average molecular weight is 535 g/mol. The van der Waals surface area contributed by atoms with Crippen molar-refractivity contribution in [2.45, 2.75) is 6.54 Å². The summed E-state index contributed by atoms with van der Waals surface area (Å²) in [6.07, 6.45) is 1.78. The van der Waals surface area contributed by atoms with Crippen LogP contribution >= 0.6 is 0 Å². The Balaban J connectivity index is 1.42. The topological polar surface area (TPSA) is 76.5 Å². The van der Waals surface area contributed by atoms with Crippen LogP contribution in [0, 0.1) is 5.82 Å². The number of carbonyl (C=O) groups excluding carboxylic acids is 2.